The smallest absolute Gasteiger partial charge is 0.258 e. The standard InChI is InChI=1S/C11H14FN7OS/c1-6-7(12)3-2-4-8(6)15-9(20)5-21-11-18-17-10(16-13)19(11)14/h2-4H,5,13-14H2,1H3,(H,15,20)(H,16,17). The summed E-state index contributed by atoms with van der Waals surface area (Å²) >= 11 is 1.08. The van der Waals surface area contributed by atoms with Crippen LogP contribution >= 0.6 is 11.8 Å². The van der Waals surface area contributed by atoms with Crippen LogP contribution in [0.25, 0.3) is 0 Å². The number of hydrazine groups is 1. The average Bonchev–Trinajstić information content (AvgIpc) is 2.82. The Kier molecular flexibility index (Phi) is 4.60. The second-order valence-corrected chi connectivity index (χ2v) is 5.01. The van der Waals surface area contributed by atoms with Gasteiger partial charge in [-0.15, -0.1) is 10.2 Å². The lowest BCUT2D eigenvalue weighted by atomic mass is 10.2. The largest absolute Gasteiger partial charge is 0.334 e. The number of hydrogen-bond donors (Lipinski definition) is 4. The molecule has 1 aromatic carbocycles. The molecular formula is C11H14FN7OS. The minimum atomic E-state index is -0.374. The summed E-state index contributed by atoms with van der Waals surface area (Å²) in [5, 5.41) is 10.4. The molecule has 1 aromatic heterocycles. The van der Waals surface area contributed by atoms with Crippen molar-refractivity contribution in [3.8, 4) is 0 Å². The monoisotopic (exact) mass is 311 g/mol. The van der Waals surface area contributed by atoms with Crippen LogP contribution in [0.1, 0.15) is 5.56 Å². The number of hydrogen-bond acceptors (Lipinski definition) is 7. The normalized spacial score (nSPS) is 10.4. The SMILES string of the molecule is Cc1c(F)cccc1NC(=O)CSc1nnc(NN)n1N. The number of carbonyl (C=O) groups is 1. The molecule has 0 saturated heterocycles. The van der Waals surface area contributed by atoms with Gasteiger partial charge in [-0.2, -0.15) is 0 Å². The molecule has 0 bridgehead atoms. The van der Waals surface area contributed by atoms with Crippen LogP contribution in [0.15, 0.2) is 23.4 Å². The summed E-state index contributed by atoms with van der Waals surface area (Å²) in [6.45, 7) is 1.59. The Balaban J connectivity index is 1.96. The minimum Gasteiger partial charge on any atom is -0.334 e. The van der Waals surface area contributed by atoms with Gasteiger partial charge in [0.05, 0.1) is 5.75 Å². The van der Waals surface area contributed by atoms with Crippen LogP contribution in [-0.4, -0.2) is 26.5 Å². The van der Waals surface area contributed by atoms with E-state index in [0.717, 1.165) is 16.4 Å². The summed E-state index contributed by atoms with van der Waals surface area (Å²) in [6, 6.07) is 4.49. The van der Waals surface area contributed by atoms with Crippen molar-refractivity contribution in [2.45, 2.75) is 12.1 Å². The minimum absolute atomic E-state index is 0.0514. The molecule has 0 radical (unpaired) electrons. The summed E-state index contributed by atoms with van der Waals surface area (Å²) in [4.78, 5) is 11.8. The van der Waals surface area contributed by atoms with Crippen molar-refractivity contribution in [3.63, 3.8) is 0 Å². The number of aromatic nitrogens is 3. The van der Waals surface area contributed by atoms with E-state index in [0.29, 0.717) is 16.4 Å². The number of thioether (sulfide) groups is 1. The van der Waals surface area contributed by atoms with Gasteiger partial charge in [-0.05, 0) is 19.1 Å². The van der Waals surface area contributed by atoms with Crippen molar-refractivity contribution < 1.29 is 9.18 Å². The molecule has 8 nitrogen and oxygen atoms in total. The zero-order valence-electron chi connectivity index (χ0n) is 11.1. The van der Waals surface area contributed by atoms with E-state index >= 15 is 0 Å². The van der Waals surface area contributed by atoms with Crippen LogP contribution in [0.2, 0.25) is 0 Å². The first kappa shape index (κ1) is 15.1. The number of rotatable bonds is 5. The average molecular weight is 311 g/mol. The van der Waals surface area contributed by atoms with Crippen LogP contribution in [-0.2, 0) is 4.79 Å². The fourth-order valence-electron chi connectivity index (χ4n) is 1.53. The highest BCUT2D eigenvalue weighted by Gasteiger charge is 2.12. The van der Waals surface area contributed by atoms with E-state index < -0.39 is 0 Å². The Labute approximate surface area is 124 Å². The van der Waals surface area contributed by atoms with Gasteiger partial charge in [-0.25, -0.2) is 14.9 Å². The topological polar surface area (TPSA) is 124 Å². The maximum atomic E-state index is 13.4. The van der Waals surface area contributed by atoms with Crippen molar-refractivity contribution in [2.24, 2.45) is 5.84 Å². The number of nitrogens with one attached hydrogen (secondary N) is 2. The van der Waals surface area contributed by atoms with Gasteiger partial charge in [-0.1, -0.05) is 17.8 Å². The molecule has 21 heavy (non-hydrogen) atoms. The van der Waals surface area contributed by atoms with E-state index in [4.69, 9.17) is 11.7 Å². The van der Waals surface area contributed by atoms with Crippen molar-refractivity contribution in [1.82, 2.24) is 14.9 Å². The summed E-state index contributed by atoms with van der Waals surface area (Å²) < 4.78 is 14.5. The summed E-state index contributed by atoms with van der Waals surface area (Å²) in [6.07, 6.45) is 0. The maximum Gasteiger partial charge on any atom is 0.258 e. The van der Waals surface area contributed by atoms with Crippen molar-refractivity contribution >= 4 is 29.3 Å². The molecule has 0 unspecified atom stereocenters. The lowest BCUT2D eigenvalue weighted by Gasteiger charge is -2.08. The van der Waals surface area contributed by atoms with E-state index in [1.807, 2.05) is 0 Å². The Bertz CT molecular complexity index is 660. The lowest BCUT2D eigenvalue weighted by molar-refractivity contribution is -0.113. The summed E-state index contributed by atoms with van der Waals surface area (Å²) in [5.74, 6) is 10.4. The Morgan fingerprint density at radius 2 is 2.24 bits per heavy atom. The van der Waals surface area contributed by atoms with Gasteiger partial charge in [0.1, 0.15) is 5.82 Å². The number of carbonyl (C=O) groups excluding carboxylic acids is 1. The van der Waals surface area contributed by atoms with Crippen molar-refractivity contribution in [1.29, 1.82) is 0 Å². The fraction of sp³-hybridized carbons (Fsp3) is 0.182. The number of nitrogens with zero attached hydrogens (tertiary/aromatic N) is 3. The molecule has 0 aliphatic heterocycles. The molecule has 1 amide bonds. The molecule has 10 heteroatoms. The molecule has 0 aliphatic carbocycles. The third-order valence-corrected chi connectivity index (χ3v) is 3.61. The molecule has 0 aliphatic rings. The molecule has 112 valence electrons. The Morgan fingerprint density at radius 1 is 1.48 bits per heavy atom. The van der Waals surface area contributed by atoms with Crippen LogP contribution < -0.4 is 22.4 Å². The second kappa shape index (κ2) is 6.41. The third kappa shape index (κ3) is 3.41. The number of anilines is 2. The second-order valence-electron chi connectivity index (χ2n) is 4.07. The molecule has 0 fully saturated rings. The number of nitrogen functional groups attached to an aromatic ring is 2. The van der Waals surface area contributed by atoms with Gasteiger partial charge in [0.15, 0.2) is 0 Å². The van der Waals surface area contributed by atoms with Gasteiger partial charge < -0.3 is 11.2 Å². The molecule has 2 rings (SSSR count). The molecular weight excluding hydrogens is 297 g/mol. The van der Waals surface area contributed by atoms with Crippen LogP contribution in [0, 0.1) is 12.7 Å². The lowest BCUT2D eigenvalue weighted by Crippen LogP contribution is -2.19. The summed E-state index contributed by atoms with van der Waals surface area (Å²) in [7, 11) is 0. The predicted octanol–water partition coefficient (Wildman–Crippen LogP) is 0.456. The maximum absolute atomic E-state index is 13.4. The number of amides is 1. The molecule has 2 aromatic rings. The predicted molar refractivity (Wildman–Crippen MR) is 78.5 cm³/mol. The quantitative estimate of drug-likeness (QED) is 0.359. The molecule has 0 spiro atoms. The first-order valence-electron chi connectivity index (χ1n) is 5.87. The highest BCUT2D eigenvalue weighted by Crippen LogP contribution is 2.19. The van der Waals surface area contributed by atoms with E-state index in [1.165, 1.54) is 12.1 Å². The zero-order valence-corrected chi connectivity index (χ0v) is 11.9. The number of halogens is 1. The first-order chi connectivity index (χ1) is 10.0. The molecule has 0 atom stereocenters. The van der Waals surface area contributed by atoms with Gasteiger partial charge in [0, 0.05) is 11.3 Å². The third-order valence-electron chi connectivity index (χ3n) is 2.67. The molecule has 1 heterocycles. The highest BCUT2D eigenvalue weighted by molar-refractivity contribution is 7.99. The van der Waals surface area contributed by atoms with Crippen molar-refractivity contribution in [2.75, 3.05) is 22.3 Å². The van der Waals surface area contributed by atoms with E-state index in [1.54, 1.807) is 13.0 Å². The van der Waals surface area contributed by atoms with E-state index in [2.05, 4.69) is 20.9 Å². The van der Waals surface area contributed by atoms with Crippen LogP contribution in [0.4, 0.5) is 16.0 Å². The van der Waals surface area contributed by atoms with Gasteiger partial charge in [-0.3, -0.25) is 10.2 Å². The van der Waals surface area contributed by atoms with Gasteiger partial charge >= 0.3 is 0 Å². The molecule has 6 N–H and O–H groups in total. The zero-order chi connectivity index (χ0) is 15.4. The Hall–Kier alpha value is -2.33. The molecule has 0 saturated carbocycles. The fourth-order valence-corrected chi connectivity index (χ4v) is 2.19. The summed E-state index contributed by atoms with van der Waals surface area (Å²) in [5.41, 5.74) is 3.08. The van der Waals surface area contributed by atoms with Crippen LogP contribution in [0.5, 0.6) is 0 Å². The Morgan fingerprint density at radius 3 is 2.90 bits per heavy atom. The van der Waals surface area contributed by atoms with Gasteiger partial charge in [0.25, 0.3) is 5.95 Å². The van der Waals surface area contributed by atoms with Crippen LogP contribution in [0.3, 0.4) is 0 Å². The van der Waals surface area contributed by atoms with E-state index in [-0.39, 0.29) is 23.4 Å². The number of benzene rings is 1. The first-order valence-corrected chi connectivity index (χ1v) is 6.86. The van der Waals surface area contributed by atoms with Crippen molar-refractivity contribution in [3.05, 3.63) is 29.6 Å². The van der Waals surface area contributed by atoms with E-state index in [9.17, 15) is 9.18 Å². The number of nitrogens with two attached hydrogens (primary N) is 2. The highest BCUT2D eigenvalue weighted by atomic mass is 32.2. The van der Waals surface area contributed by atoms with Gasteiger partial charge in [0.2, 0.25) is 11.1 Å².